The monoisotopic (exact) mass is 284 g/mol. The first kappa shape index (κ1) is 15.4. The zero-order valence-electron chi connectivity index (χ0n) is 12.9. The molecule has 0 fully saturated rings. The first-order valence-electron chi connectivity index (χ1n) is 7.41. The summed E-state index contributed by atoms with van der Waals surface area (Å²) < 4.78 is 5.30. The Morgan fingerprint density at radius 1 is 1.00 bits per heavy atom. The van der Waals surface area contributed by atoms with Gasteiger partial charge < -0.3 is 10.5 Å². The van der Waals surface area contributed by atoms with Gasteiger partial charge in [0.1, 0.15) is 5.75 Å². The van der Waals surface area contributed by atoms with Crippen LogP contribution in [-0.2, 0) is 13.1 Å². The van der Waals surface area contributed by atoms with Crippen LogP contribution in [0.3, 0.4) is 0 Å². The minimum atomic E-state index is 0.824. The van der Waals surface area contributed by atoms with Gasteiger partial charge in [-0.1, -0.05) is 31.2 Å². The Hall–Kier alpha value is -2.00. The van der Waals surface area contributed by atoms with E-state index in [1.54, 1.807) is 7.11 Å². The molecular formula is C18H24N2O. The molecule has 0 spiro atoms. The van der Waals surface area contributed by atoms with E-state index in [4.69, 9.17) is 10.5 Å². The van der Waals surface area contributed by atoms with Gasteiger partial charge in [-0.2, -0.15) is 0 Å². The summed E-state index contributed by atoms with van der Waals surface area (Å²) in [5, 5.41) is 0. The number of nitrogens with zero attached hydrogens (tertiary/aromatic N) is 1. The van der Waals surface area contributed by atoms with Crippen molar-refractivity contribution in [3.05, 3.63) is 59.7 Å². The third kappa shape index (κ3) is 4.80. The van der Waals surface area contributed by atoms with E-state index in [1.807, 2.05) is 30.3 Å². The smallest absolute Gasteiger partial charge is 0.119 e. The molecule has 2 N–H and O–H groups in total. The highest BCUT2D eigenvalue weighted by Gasteiger charge is 2.07. The summed E-state index contributed by atoms with van der Waals surface area (Å²) in [7, 11) is 1.70. The highest BCUT2D eigenvalue weighted by Crippen LogP contribution is 2.17. The molecule has 0 saturated carbocycles. The number of hydrogen-bond donors (Lipinski definition) is 1. The van der Waals surface area contributed by atoms with Gasteiger partial charge in [0, 0.05) is 18.8 Å². The summed E-state index contributed by atoms with van der Waals surface area (Å²) in [4.78, 5) is 2.43. The molecule has 21 heavy (non-hydrogen) atoms. The average Bonchev–Trinajstić information content (AvgIpc) is 2.48. The molecule has 3 heteroatoms. The molecule has 0 amide bonds. The van der Waals surface area contributed by atoms with Crippen molar-refractivity contribution in [2.75, 3.05) is 19.4 Å². The molecule has 0 atom stereocenters. The van der Waals surface area contributed by atoms with Crippen LogP contribution in [0.1, 0.15) is 24.5 Å². The van der Waals surface area contributed by atoms with E-state index >= 15 is 0 Å². The predicted molar refractivity (Wildman–Crippen MR) is 88.3 cm³/mol. The Bertz CT molecular complexity index is 569. The van der Waals surface area contributed by atoms with Crippen molar-refractivity contribution in [2.24, 2.45) is 0 Å². The summed E-state index contributed by atoms with van der Waals surface area (Å²) in [5.74, 6) is 0.910. The maximum atomic E-state index is 5.86. The summed E-state index contributed by atoms with van der Waals surface area (Å²) in [6, 6.07) is 16.4. The van der Waals surface area contributed by atoms with Crippen LogP contribution in [-0.4, -0.2) is 18.6 Å². The first-order valence-corrected chi connectivity index (χ1v) is 7.41. The fourth-order valence-corrected chi connectivity index (χ4v) is 2.51. The van der Waals surface area contributed by atoms with Crippen molar-refractivity contribution in [1.29, 1.82) is 0 Å². The van der Waals surface area contributed by atoms with Crippen molar-refractivity contribution in [1.82, 2.24) is 4.90 Å². The fraction of sp³-hybridized carbons (Fsp3) is 0.333. The topological polar surface area (TPSA) is 38.5 Å². The largest absolute Gasteiger partial charge is 0.497 e. The lowest BCUT2D eigenvalue weighted by Gasteiger charge is -2.22. The number of ether oxygens (including phenoxy) is 1. The molecule has 112 valence electrons. The highest BCUT2D eigenvalue weighted by atomic mass is 16.5. The lowest BCUT2D eigenvalue weighted by Crippen LogP contribution is -2.23. The Morgan fingerprint density at radius 3 is 2.29 bits per heavy atom. The van der Waals surface area contributed by atoms with Crippen LogP contribution >= 0.6 is 0 Å². The average molecular weight is 284 g/mol. The molecule has 0 aromatic heterocycles. The van der Waals surface area contributed by atoms with Crippen molar-refractivity contribution < 1.29 is 4.74 Å². The molecule has 0 heterocycles. The summed E-state index contributed by atoms with van der Waals surface area (Å²) in [5.41, 5.74) is 9.21. The number of hydrogen-bond acceptors (Lipinski definition) is 3. The van der Waals surface area contributed by atoms with Crippen LogP contribution in [0, 0.1) is 0 Å². The fourth-order valence-electron chi connectivity index (χ4n) is 2.51. The zero-order valence-corrected chi connectivity index (χ0v) is 12.9. The van der Waals surface area contributed by atoms with Crippen molar-refractivity contribution >= 4 is 5.69 Å². The molecule has 0 aliphatic heterocycles. The van der Waals surface area contributed by atoms with Crippen molar-refractivity contribution in [3.63, 3.8) is 0 Å². The molecule has 0 aliphatic carbocycles. The van der Waals surface area contributed by atoms with Crippen LogP contribution in [0.4, 0.5) is 5.69 Å². The molecule has 0 radical (unpaired) electrons. The van der Waals surface area contributed by atoms with Crippen LogP contribution in [0.5, 0.6) is 5.75 Å². The van der Waals surface area contributed by atoms with E-state index < -0.39 is 0 Å². The van der Waals surface area contributed by atoms with Gasteiger partial charge in [-0.15, -0.1) is 0 Å². The standard InChI is InChI=1S/C18H24N2O/c1-3-10-20(13-15-6-4-8-17(19)11-15)14-16-7-5-9-18(12-16)21-2/h4-9,11-12H,3,10,13-14,19H2,1-2H3. The van der Waals surface area contributed by atoms with Gasteiger partial charge >= 0.3 is 0 Å². The third-order valence-electron chi connectivity index (χ3n) is 3.44. The van der Waals surface area contributed by atoms with Crippen LogP contribution in [0.25, 0.3) is 0 Å². The molecule has 3 nitrogen and oxygen atoms in total. The van der Waals surface area contributed by atoms with Gasteiger partial charge in [-0.3, -0.25) is 4.90 Å². The summed E-state index contributed by atoms with van der Waals surface area (Å²) in [6.45, 7) is 5.10. The molecule has 2 aromatic rings. The highest BCUT2D eigenvalue weighted by molar-refractivity contribution is 5.40. The van der Waals surface area contributed by atoms with Crippen molar-refractivity contribution in [2.45, 2.75) is 26.4 Å². The van der Waals surface area contributed by atoms with E-state index in [9.17, 15) is 0 Å². The van der Waals surface area contributed by atoms with Gasteiger partial charge in [0.2, 0.25) is 0 Å². The normalized spacial score (nSPS) is 10.8. The van der Waals surface area contributed by atoms with Gasteiger partial charge in [0.25, 0.3) is 0 Å². The second kappa shape index (κ2) is 7.70. The maximum absolute atomic E-state index is 5.86. The van der Waals surface area contributed by atoms with Gasteiger partial charge in [0.05, 0.1) is 7.11 Å². The number of methoxy groups -OCH3 is 1. The number of anilines is 1. The first-order chi connectivity index (χ1) is 10.2. The van der Waals surface area contributed by atoms with E-state index in [0.29, 0.717) is 0 Å². The van der Waals surface area contributed by atoms with Crippen LogP contribution < -0.4 is 10.5 Å². The molecule has 2 rings (SSSR count). The zero-order chi connectivity index (χ0) is 15.1. The Kier molecular flexibility index (Phi) is 5.64. The van der Waals surface area contributed by atoms with Crippen LogP contribution in [0.15, 0.2) is 48.5 Å². The van der Waals surface area contributed by atoms with Gasteiger partial charge in [0.15, 0.2) is 0 Å². The number of nitrogen functional groups attached to an aromatic ring is 1. The maximum Gasteiger partial charge on any atom is 0.119 e. The summed E-state index contributed by atoms with van der Waals surface area (Å²) in [6.07, 6.45) is 1.13. The molecule has 2 aromatic carbocycles. The SMILES string of the molecule is CCCN(Cc1cccc(N)c1)Cc1cccc(OC)c1. The molecule has 0 saturated heterocycles. The second-order valence-electron chi connectivity index (χ2n) is 5.31. The Morgan fingerprint density at radius 2 is 1.67 bits per heavy atom. The van der Waals surface area contributed by atoms with E-state index in [0.717, 1.165) is 37.5 Å². The number of rotatable bonds is 7. The lowest BCUT2D eigenvalue weighted by molar-refractivity contribution is 0.257. The number of nitrogens with two attached hydrogens (primary N) is 1. The Labute approximate surface area is 127 Å². The molecule has 0 bridgehead atoms. The Balaban J connectivity index is 2.07. The van der Waals surface area contributed by atoms with Gasteiger partial charge in [-0.25, -0.2) is 0 Å². The summed E-state index contributed by atoms with van der Waals surface area (Å²) >= 11 is 0. The molecule has 0 aliphatic rings. The lowest BCUT2D eigenvalue weighted by atomic mass is 10.1. The van der Waals surface area contributed by atoms with E-state index in [1.165, 1.54) is 11.1 Å². The van der Waals surface area contributed by atoms with E-state index in [-0.39, 0.29) is 0 Å². The molecular weight excluding hydrogens is 260 g/mol. The van der Waals surface area contributed by atoms with Crippen LogP contribution in [0.2, 0.25) is 0 Å². The third-order valence-corrected chi connectivity index (χ3v) is 3.44. The predicted octanol–water partition coefficient (Wildman–Crippen LogP) is 3.69. The van der Waals surface area contributed by atoms with E-state index in [2.05, 4.69) is 30.0 Å². The molecule has 0 unspecified atom stereocenters. The van der Waals surface area contributed by atoms with Crippen molar-refractivity contribution in [3.8, 4) is 5.75 Å². The minimum Gasteiger partial charge on any atom is -0.497 e. The number of benzene rings is 2. The van der Waals surface area contributed by atoms with Gasteiger partial charge in [-0.05, 0) is 48.4 Å². The minimum absolute atomic E-state index is 0.824. The quantitative estimate of drug-likeness (QED) is 0.788. The second-order valence-corrected chi connectivity index (χ2v) is 5.31.